The minimum Gasteiger partial charge on any atom is -0.478 e. The Morgan fingerprint density at radius 2 is 2.00 bits per heavy atom. The van der Waals surface area contributed by atoms with E-state index < -0.39 is 5.97 Å². The molecule has 86 valence electrons. The second-order valence-corrected chi connectivity index (χ2v) is 3.38. The van der Waals surface area contributed by atoms with Gasteiger partial charge in [0, 0.05) is 6.20 Å². The zero-order valence-electron chi connectivity index (χ0n) is 8.37. The minimum absolute atomic E-state index is 0.0255. The monoisotopic (exact) mass is 251 g/mol. The Bertz CT molecular complexity index is 562. The number of aromatic nitrogens is 3. The van der Waals surface area contributed by atoms with E-state index in [4.69, 9.17) is 21.4 Å². The Kier molecular flexibility index (Phi) is 3.15. The predicted octanol–water partition coefficient (Wildman–Crippen LogP) is 2.02. The molecule has 0 saturated heterocycles. The highest BCUT2D eigenvalue weighted by Gasteiger charge is 2.06. The molecule has 0 saturated carbocycles. The maximum atomic E-state index is 10.7. The average Bonchev–Trinajstić information content (AvgIpc) is 2.29. The van der Waals surface area contributed by atoms with Crippen molar-refractivity contribution in [1.82, 2.24) is 15.0 Å². The van der Waals surface area contributed by atoms with Crippen molar-refractivity contribution in [2.24, 2.45) is 0 Å². The third-order valence-corrected chi connectivity index (χ3v) is 1.95. The number of carbonyl (C=O) groups is 1. The number of pyridine rings is 1. The third kappa shape index (κ3) is 2.88. The molecule has 17 heavy (non-hydrogen) atoms. The molecule has 0 unspecified atom stereocenters. The van der Waals surface area contributed by atoms with Crippen LogP contribution in [0.15, 0.2) is 30.9 Å². The summed E-state index contributed by atoms with van der Waals surface area (Å²) in [6.07, 6.45) is 5.31. The van der Waals surface area contributed by atoms with E-state index in [1.165, 1.54) is 30.9 Å². The van der Waals surface area contributed by atoms with Crippen LogP contribution in [0.5, 0.6) is 11.6 Å². The van der Waals surface area contributed by atoms with E-state index in [1.807, 2.05) is 0 Å². The number of nitrogens with zero attached hydrogens (tertiary/aromatic N) is 3. The molecule has 0 radical (unpaired) electrons. The van der Waals surface area contributed by atoms with Gasteiger partial charge in [-0.3, -0.25) is 9.97 Å². The molecule has 2 aromatic rings. The number of hydrogen-bond acceptors (Lipinski definition) is 5. The topological polar surface area (TPSA) is 85.2 Å². The molecule has 0 amide bonds. The molecule has 0 aliphatic carbocycles. The van der Waals surface area contributed by atoms with E-state index in [1.54, 1.807) is 0 Å². The van der Waals surface area contributed by atoms with Crippen LogP contribution in [0.3, 0.4) is 0 Å². The van der Waals surface area contributed by atoms with E-state index in [0.717, 1.165) is 0 Å². The van der Waals surface area contributed by atoms with Crippen molar-refractivity contribution in [3.05, 3.63) is 41.6 Å². The largest absolute Gasteiger partial charge is 0.478 e. The van der Waals surface area contributed by atoms with Gasteiger partial charge in [-0.15, -0.1) is 0 Å². The summed E-state index contributed by atoms with van der Waals surface area (Å²) in [6, 6.07) is 1.33. The summed E-state index contributed by atoms with van der Waals surface area (Å²) >= 11 is 5.63. The molecular formula is C10H6ClN3O3. The van der Waals surface area contributed by atoms with E-state index in [9.17, 15) is 4.79 Å². The second kappa shape index (κ2) is 4.75. The molecule has 6 nitrogen and oxygen atoms in total. The quantitative estimate of drug-likeness (QED) is 0.898. The zero-order chi connectivity index (χ0) is 12.3. The Morgan fingerprint density at radius 3 is 2.71 bits per heavy atom. The number of ether oxygens (including phenoxy) is 1. The summed E-state index contributed by atoms with van der Waals surface area (Å²) in [5.41, 5.74) is 0.0255. The first-order chi connectivity index (χ1) is 8.15. The highest BCUT2D eigenvalue weighted by molar-refractivity contribution is 6.29. The van der Waals surface area contributed by atoms with Gasteiger partial charge < -0.3 is 9.84 Å². The van der Waals surface area contributed by atoms with Crippen LogP contribution in [-0.2, 0) is 0 Å². The van der Waals surface area contributed by atoms with E-state index in [2.05, 4.69) is 15.0 Å². The van der Waals surface area contributed by atoms with Gasteiger partial charge in [-0.25, -0.2) is 4.79 Å². The van der Waals surface area contributed by atoms with E-state index in [0.29, 0.717) is 0 Å². The molecule has 0 aromatic carbocycles. The van der Waals surface area contributed by atoms with Crippen LogP contribution in [0.2, 0.25) is 5.15 Å². The third-order valence-electron chi connectivity index (χ3n) is 1.77. The van der Waals surface area contributed by atoms with Crippen molar-refractivity contribution in [2.75, 3.05) is 0 Å². The van der Waals surface area contributed by atoms with Crippen LogP contribution in [-0.4, -0.2) is 26.0 Å². The van der Waals surface area contributed by atoms with Crippen LogP contribution in [0.25, 0.3) is 0 Å². The van der Waals surface area contributed by atoms with Gasteiger partial charge in [0.1, 0.15) is 5.75 Å². The molecule has 0 spiro atoms. The van der Waals surface area contributed by atoms with E-state index >= 15 is 0 Å². The molecule has 2 heterocycles. The molecule has 2 rings (SSSR count). The van der Waals surface area contributed by atoms with Gasteiger partial charge in [0.15, 0.2) is 5.15 Å². The number of hydrogen-bond donors (Lipinski definition) is 1. The summed E-state index contributed by atoms with van der Waals surface area (Å²) in [6.45, 7) is 0. The van der Waals surface area contributed by atoms with Crippen molar-refractivity contribution in [3.63, 3.8) is 0 Å². The van der Waals surface area contributed by atoms with Crippen molar-refractivity contribution in [3.8, 4) is 11.6 Å². The fourth-order valence-electron chi connectivity index (χ4n) is 1.09. The highest BCUT2D eigenvalue weighted by Crippen LogP contribution is 2.19. The molecule has 7 heteroatoms. The van der Waals surface area contributed by atoms with Gasteiger partial charge in [0.05, 0.1) is 24.2 Å². The molecule has 1 N–H and O–H groups in total. The van der Waals surface area contributed by atoms with Crippen LogP contribution >= 0.6 is 11.6 Å². The minimum atomic E-state index is -1.08. The summed E-state index contributed by atoms with van der Waals surface area (Å²) in [4.78, 5) is 22.1. The maximum absolute atomic E-state index is 10.7. The van der Waals surface area contributed by atoms with E-state index in [-0.39, 0.29) is 22.3 Å². The first kappa shape index (κ1) is 11.3. The lowest BCUT2D eigenvalue weighted by Gasteiger charge is -2.04. The van der Waals surface area contributed by atoms with Crippen molar-refractivity contribution < 1.29 is 14.6 Å². The van der Waals surface area contributed by atoms with Crippen LogP contribution < -0.4 is 4.74 Å². The van der Waals surface area contributed by atoms with Gasteiger partial charge >= 0.3 is 5.97 Å². The fourth-order valence-corrected chi connectivity index (χ4v) is 1.23. The van der Waals surface area contributed by atoms with Crippen LogP contribution in [0, 0.1) is 0 Å². The molecule has 0 aliphatic heterocycles. The number of halogens is 1. The molecule has 0 atom stereocenters. The first-order valence-corrected chi connectivity index (χ1v) is 4.86. The second-order valence-electron chi connectivity index (χ2n) is 3.00. The summed E-state index contributed by atoms with van der Waals surface area (Å²) in [7, 11) is 0. The number of carboxylic acid groups (broad SMARTS) is 1. The lowest BCUT2D eigenvalue weighted by Crippen LogP contribution is -1.98. The first-order valence-electron chi connectivity index (χ1n) is 4.49. The Hall–Kier alpha value is -2.21. The SMILES string of the molecule is O=C(O)c1cncc(Oc2cncc(Cl)n2)c1. The lowest BCUT2D eigenvalue weighted by molar-refractivity contribution is 0.0696. The van der Waals surface area contributed by atoms with Gasteiger partial charge in [0.25, 0.3) is 0 Å². The number of carboxylic acids is 1. The lowest BCUT2D eigenvalue weighted by atomic mass is 10.3. The molecular weight excluding hydrogens is 246 g/mol. The van der Waals surface area contributed by atoms with Crippen molar-refractivity contribution in [2.45, 2.75) is 0 Å². The molecule has 0 fully saturated rings. The number of rotatable bonds is 3. The summed E-state index contributed by atoms with van der Waals surface area (Å²) < 4.78 is 5.27. The van der Waals surface area contributed by atoms with Gasteiger partial charge in [-0.2, -0.15) is 4.98 Å². The summed E-state index contributed by atoms with van der Waals surface area (Å²) in [5, 5.41) is 8.96. The fraction of sp³-hybridized carbons (Fsp3) is 0. The van der Waals surface area contributed by atoms with Crippen LogP contribution in [0.1, 0.15) is 10.4 Å². The van der Waals surface area contributed by atoms with Crippen molar-refractivity contribution in [1.29, 1.82) is 0 Å². The Labute approximate surface area is 101 Å². The van der Waals surface area contributed by atoms with Gasteiger partial charge in [-0.05, 0) is 6.07 Å². The normalized spacial score (nSPS) is 9.94. The summed E-state index contributed by atoms with van der Waals surface area (Å²) in [5.74, 6) is -0.663. The Morgan fingerprint density at radius 1 is 1.24 bits per heavy atom. The van der Waals surface area contributed by atoms with Gasteiger partial charge in [0.2, 0.25) is 5.88 Å². The van der Waals surface area contributed by atoms with Gasteiger partial charge in [-0.1, -0.05) is 11.6 Å². The number of aromatic carboxylic acids is 1. The van der Waals surface area contributed by atoms with Crippen LogP contribution in [0.4, 0.5) is 0 Å². The molecule has 0 bridgehead atoms. The Balaban J connectivity index is 2.24. The maximum Gasteiger partial charge on any atom is 0.337 e. The zero-order valence-corrected chi connectivity index (χ0v) is 9.13. The highest BCUT2D eigenvalue weighted by atomic mass is 35.5. The van der Waals surface area contributed by atoms with Crippen molar-refractivity contribution >= 4 is 17.6 Å². The standard InChI is InChI=1S/C10H6ClN3O3/c11-8-4-13-5-9(14-8)17-7-1-6(10(15)16)2-12-3-7/h1-5H,(H,15,16). The molecule has 0 aliphatic rings. The average molecular weight is 252 g/mol. The predicted molar refractivity (Wildman–Crippen MR) is 58.3 cm³/mol. The molecule has 2 aromatic heterocycles. The smallest absolute Gasteiger partial charge is 0.337 e.